The summed E-state index contributed by atoms with van der Waals surface area (Å²) in [5.41, 5.74) is 4.48. The van der Waals surface area contributed by atoms with Crippen LogP contribution in [0, 0.1) is 25.7 Å². The molecule has 4 heterocycles. The van der Waals surface area contributed by atoms with Crippen LogP contribution in [-0.2, 0) is 20.7 Å². The second-order valence-electron chi connectivity index (χ2n) is 9.58. The summed E-state index contributed by atoms with van der Waals surface area (Å²) in [5, 5.41) is 4.25. The van der Waals surface area contributed by atoms with E-state index < -0.39 is 17.4 Å². The van der Waals surface area contributed by atoms with Crippen LogP contribution in [0.2, 0.25) is 0 Å². The molecule has 33 heavy (non-hydrogen) atoms. The molecule has 2 saturated heterocycles. The Balaban J connectivity index is 1.21. The minimum Gasteiger partial charge on any atom is -0.361 e. The molecule has 168 valence electrons. The Labute approximate surface area is 192 Å². The summed E-state index contributed by atoms with van der Waals surface area (Å²) < 4.78 is 6.28. The number of aromatic amines is 1. The smallest absolute Gasteiger partial charge is 0.231 e. The molecule has 6 heteroatoms. The first kappa shape index (κ1) is 20.2. The van der Waals surface area contributed by atoms with Gasteiger partial charge in [0, 0.05) is 29.3 Å². The molecule has 2 fully saturated rings. The number of likely N-dealkylation sites (tertiary alicyclic amines) is 1. The molecule has 1 spiro atoms. The standard InChI is InChI=1S/C27H27N3O3/c1-16-7-8-17(2)21(13-16)29-25(31)23-22-9-11-27(33-22)15-30(26(32)24(23)27)12-10-18-14-28-20-6-4-3-5-19(18)20/h3-9,11,13-14,22-24,28H,10,12,15H2,1-2H3,(H,29,31)/t22-,23+,24-,27-/m1/s1. The quantitative estimate of drug-likeness (QED) is 0.593. The number of fused-ring (bicyclic) bond motifs is 2. The van der Waals surface area contributed by atoms with Crippen LogP contribution in [0.4, 0.5) is 5.69 Å². The van der Waals surface area contributed by atoms with Gasteiger partial charge in [-0.3, -0.25) is 9.59 Å². The highest BCUT2D eigenvalue weighted by Gasteiger charge is 2.66. The Morgan fingerprint density at radius 3 is 2.97 bits per heavy atom. The summed E-state index contributed by atoms with van der Waals surface area (Å²) >= 11 is 0. The van der Waals surface area contributed by atoms with Crippen molar-refractivity contribution in [2.24, 2.45) is 11.8 Å². The Morgan fingerprint density at radius 1 is 1.24 bits per heavy atom. The molecule has 1 aromatic heterocycles. The summed E-state index contributed by atoms with van der Waals surface area (Å²) in [6, 6.07) is 14.2. The van der Waals surface area contributed by atoms with E-state index in [2.05, 4.69) is 22.4 Å². The highest BCUT2D eigenvalue weighted by molar-refractivity contribution is 5.99. The lowest BCUT2D eigenvalue weighted by Crippen LogP contribution is -2.41. The van der Waals surface area contributed by atoms with Gasteiger partial charge in [0.05, 0.1) is 24.5 Å². The zero-order valence-corrected chi connectivity index (χ0v) is 18.8. The highest BCUT2D eigenvalue weighted by atomic mass is 16.5. The Hall–Kier alpha value is -3.38. The van der Waals surface area contributed by atoms with Crippen LogP contribution in [0.5, 0.6) is 0 Å². The molecule has 2 amide bonds. The van der Waals surface area contributed by atoms with Crippen LogP contribution in [0.1, 0.15) is 16.7 Å². The van der Waals surface area contributed by atoms with Gasteiger partial charge in [0.1, 0.15) is 5.60 Å². The number of carbonyl (C=O) groups excluding carboxylic acids is 2. The second-order valence-corrected chi connectivity index (χ2v) is 9.58. The molecular formula is C27H27N3O3. The van der Waals surface area contributed by atoms with Gasteiger partial charge in [-0.05, 0) is 49.1 Å². The molecule has 0 radical (unpaired) electrons. The van der Waals surface area contributed by atoms with Crippen molar-refractivity contribution in [3.05, 3.63) is 77.5 Å². The first-order valence-corrected chi connectivity index (χ1v) is 11.5. The van der Waals surface area contributed by atoms with Crippen molar-refractivity contribution in [3.63, 3.8) is 0 Å². The maximum absolute atomic E-state index is 13.5. The van der Waals surface area contributed by atoms with Crippen LogP contribution in [0.15, 0.2) is 60.8 Å². The minimum absolute atomic E-state index is 0.0165. The van der Waals surface area contributed by atoms with Gasteiger partial charge in [0.2, 0.25) is 11.8 Å². The molecule has 3 aliphatic rings. The summed E-state index contributed by atoms with van der Waals surface area (Å²) in [5.74, 6) is -1.11. The minimum atomic E-state index is -0.689. The third kappa shape index (κ3) is 3.12. The average molecular weight is 442 g/mol. The number of carbonyl (C=O) groups is 2. The molecule has 0 saturated carbocycles. The van der Waals surface area contributed by atoms with E-state index in [1.807, 2.05) is 67.4 Å². The lowest BCUT2D eigenvalue weighted by Gasteiger charge is -2.24. The van der Waals surface area contributed by atoms with Crippen LogP contribution in [-0.4, -0.2) is 46.5 Å². The average Bonchev–Trinajstić information content (AvgIpc) is 3.54. The Morgan fingerprint density at radius 2 is 2.09 bits per heavy atom. The van der Waals surface area contributed by atoms with E-state index in [0.717, 1.165) is 28.8 Å². The van der Waals surface area contributed by atoms with Gasteiger partial charge in [0.15, 0.2) is 0 Å². The number of hydrogen-bond donors (Lipinski definition) is 2. The van der Waals surface area contributed by atoms with Crippen molar-refractivity contribution in [2.75, 3.05) is 18.4 Å². The summed E-state index contributed by atoms with van der Waals surface area (Å²) in [4.78, 5) is 32.0. The van der Waals surface area contributed by atoms with E-state index in [1.54, 1.807) is 0 Å². The maximum atomic E-state index is 13.5. The number of rotatable bonds is 5. The monoisotopic (exact) mass is 441 g/mol. The summed E-state index contributed by atoms with van der Waals surface area (Å²) in [6.07, 6.45) is 6.39. The van der Waals surface area contributed by atoms with Gasteiger partial charge in [-0.2, -0.15) is 0 Å². The van der Waals surface area contributed by atoms with Crippen LogP contribution in [0.3, 0.4) is 0 Å². The van der Waals surface area contributed by atoms with Crippen LogP contribution < -0.4 is 5.32 Å². The lowest BCUT2D eigenvalue weighted by molar-refractivity contribution is -0.135. The number of para-hydroxylation sites is 1. The molecule has 3 aromatic rings. The number of aryl methyl sites for hydroxylation is 2. The van der Waals surface area contributed by atoms with Gasteiger partial charge in [-0.15, -0.1) is 0 Å². The molecule has 2 bridgehead atoms. The topological polar surface area (TPSA) is 74.4 Å². The molecule has 2 aromatic carbocycles. The number of anilines is 1. The van der Waals surface area contributed by atoms with Crippen molar-refractivity contribution in [1.82, 2.24) is 9.88 Å². The Kier molecular flexibility index (Phi) is 4.49. The third-order valence-electron chi connectivity index (χ3n) is 7.46. The van der Waals surface area contributed by atoms with Crippen molar-refractivity contribution in [2.45, 2.75) is 32.0 Å². The second kappa shape index (κ2) is 7.32. The van der Waals surface area contributed by atoms with E-state index in [-0.39, 0.29) is 17.9 Å². The predicted octanol–water partition coefficient (Wildman–Crippen LogP) is 3.75. The number of nitrogens with zero attached hydrogens (tertiary/aromatic N) is 1. The van der Waals surface area contributed by atoms with Crippen LogP contribution >= 0.6 is 0 Å². The van der Waals surface area contributed by atoms with Crippen molar-refractivity contribution < 1.29 is 14.3 Å². The van der Waals surface area contributed by atoms with E-state index in [0.29, 0.717) is 13.1 Å². The maximum Gasteiger partial charge on any atom is 0.231 e. The number of nitrogens with one attached hydrogen (secondary N) is 2. The fraction of sp³-hybridized carbons (Fsp3) is 0.333. The molecule has 4 atom stereocenters. The molecule has 0 unspecified atom stereocenters. The van der Waals surface area contributed by atoms with Crippen molar-refractivity contribution >= 4 is 28.4 Å². The molecule has 3 aliphatic heterocycles. The molecule has 6 rings (SSSR count). The third-order valence-corrected chi connectivity index (χ3v) is 7.46. The molecule has 2 N–H and O–H groups in total. The first-order valence-electron chi connectivity index (χ1n) is 11.5. The van der Waals surface area contributed by atoms with E-state index in [4.69, 9.17) is 4.74 Å². The van der Waals surface area contributed by atoms with Gasteiger partial charge < -0.3 is 19.9 Å². The van der Waals surface area contributed by atoms with Gasteiger partial charge in [0.25, 0.3) is 0 Å². The van der Waals surface area contributed by atoms with Gasteiger partial charge >= 0.3 is 0 Å². The predicted molar refractivity (Wildman–Crippen MR) is 127 cm³/mol. The number of benzene rings is 2. The van der Waals surface area contributed by atoms with Crippen molar-refractivity contribution in [1.29, 1.82) is 0 Å². The van der Waals surface area contributed by atoms with Gasteiger partial charge in [-0.1, -0.05) is 42.5 Å². The van der Waals surface area contributed by atoms with E-state index in [1.165, 1.54) is 10.9 Å². The number of ether oxygens (including phenoxy) is 1. The van der Waals surface area contributed by atoms with E-state index in [9.17, 15) is 9.59 Å². The molecule has 0 aliphatic carbocycles. The fourth-order valence-corrected chi connectivity index (χ4v) is 5.75. The normalized spacial score (nSPS) is 27.5. The van der Waals surface area contributed by atoms with Crippen molar-refractivity contribution in [3.8, 4) is 0 Å². The fourth-order valence-electron chi connectivity index (χ4n) is 5.75. The highest BCUT2D eigenvalue weighted by Crippen LogP contribution is 2.52. The first-order chi connectivity index (χ1) is 15.9. The zero-order valence-electron chi connectivity index (χ0n) is 18.8. The van der Waals surface area contributed by atoms with E-state index >= 15 is 0 Å². The van der Waals surface area contributed by atoms with Crippen LogP contribution in [0.25, 0.3) is 10.9 Å². The number of amides is 2. The number of H-pyrrole nitrogens is 1. The summed E-state index contributed by atoms with van der Waals surface area (Å²) in [7, 11) is 0. The zero-order chi connectivity index (χ0) is 22.7. The van der Waals surface area contributed by atoms with Gasteiger partial charge in [-0.25, -0.2) is 0 Å². The Bertz CT molecular complexity index is 1310. The lowest BCUT2D eigenvalue weighted by atomic mass is 9.76. The summed E-state index contributed by atoms with van der Waals surface area (Å²) in [6.45, 7) is 5.08. The molecule has 6 nitrogen and oxygen atoms in total. The molecular weight excluding hydrogens is 414 g/mol. The number of aromatic nitrogens is 1. The number of hydrogen-bond acceptors (Lipinski definition) is 3. The SMILES string of the molecule is Cc1ccc(C)c(NC(=O)[C@H]2[C@H]3C=C[C@]4(CN(CCc5c[nH]c6ccccc56)C(=O)[C@@H]24)O3)c1. The largest absolute Gasteiger partial charge is 0.361 e.